The molecule has 0 aliphatic carbocycles. The maximum Gasteiger partial charge on any atom is 0.320 e. The molecule has 0 saturated carbocycles. The van der Waals surface area contributed by atoms with Crippen LogP contribution in [-0.4, -0.2) is 73.6 Å². The SMILES string of the molecule is CC(=O)c1ccc(S(=O)(=O)N2CCN(C(=O)N3CCCCC3)CC2)cc1. The molecule has 2 aliphatic rings. The highest BCUT2D eigenvalue weighted by Gasteiger charge is 2.32. The summed E-state index contributed by atoms with van der Waals surface area (Å²) in [6.45, 7) is 4.41. The van der Waals surface area contributed by atoms with Crippen molar-refractivity contribution in [3.63, 3.8) is 0 Å². The fraction of sp³-hybridized carbons (Fsp3) is 0.556. The lowest BCUT2D eigenvalue weighted by Gasteiger charge is -2.38. The number of likely N-dealkylation sites (tertiary alicyclic amines) is 1. The Kier molecular flexibility index (Phi) is 5.62. The molecule has 8 heteroatoms. The van der Waals surface area contributed by atoms with Gasteiger partial charge in [-0.1, -0.05) is 12.1 Å². The van der Waals surface area contributed by atoms with Gasteiger partial charge in [0.25, 0.3) is 0 Å². The zero-order valence-corrected chi connectivity index (χ0v) is 15.9. The van der Waals surface area contributed by atoms with Gasteiger partial charge in [-0.15, -0.1) is 0 Å². The molecule has 26 heavy (non-hydrogen) atoms. The molecule has 2 aliphatic heterocycles. The number of nitrogens with zero attached hydrogens (tertiary/aromatic N) is 3. The van der Waals surface area contributed by atoms with Gasteiger partial charge < -0.3 is 9.80 Å². The highest BCUT2D eigenvalue weighted by Crippen LogP contribution is 2.20. The summed E-state index contributed by atoms with van der Waals surface area (Å²) in [5.74, 6) is -0.0983. The lowest BCUT2D eigenvalue weighted by molar-refractivity contribution is 0.101. The molecule has 2 saturated heterocycles. The molecular formula is C18H25N3O4S. The molecule has 3 rings (SSSR count). The molecule has 1 aromatic rings. The zero-order valence-electron chi connectivity index (χ0n) is 15.1. The van der Waals surface area contributed by atoms with Crippen LogP contribution in [0.2, 0.25) is 0 Å². The maximum absolute atomic E-state index is 12.8. The molecule has 142 valence electrons. The van der Waals surface area contributed by atoms with Crippen LogP contribution < -0.4 is 0 Å². The van der Waals surface area contributed by atoms with E-state index in [9.17, 15) is 18.0 Å². The standard InChI is InChI=1S/C18H25N3O4S/c1-15(22)16-5-7-17(8-6-16)26(24,25)21-13-11-20(12-14-21)18(23)19-9-3-2-4-10-19/h5-8H,2-4,9-14H2,1H3. The van der Waals surface area contributed by atoms with E-state index >= 15 is 0 Å². The quantitative estimate of drug-likeness (QED) is 0.751. The zero-order chi connectivity index (χ0) is 18.7. The molecule has 0 bridgehead atoms. The molecule has 0 N–H and O–H groups in total. The number of sulfonamides is 1. The first-order valence-corrected chi connectivity index (χ1v) is 10.5. The summed E-state index contributed by atoms with van der Waals surface area (Å²) in [6.07, 6.45) is 3.24. The molecule has 0 spiro atoms. The van der Waals surface area contributed by atoms with Gasteiger partial charge in [0.2, 0.25) is 10.0 Å². The van der Waals surface area contributed by atoms with Crippen LogP contribution >= 0.6 is 0 Å². The van der Waals surface area contributed by atoms with Crippen LogP contribution in [0, 0.1) is 0 Å². The number of amides is 2. The first-order chi connectivity index (χ1) is 12.4. The molecule has 1 aromatic carbocycles. The van der Waals surface area contributed by atoms with E-state index in [1.54, 1.807) is 4.90 Å². The van der Waals surface area contributed by atoms with Gasteiger partial charge in [-0.3, -0.25) is 4.79 Å². The molecule has 0 atom stereocenters. The topological polar surface area (TPSA) is 78.0 Å². The number of hydrogen-bond donors (Lipinski definition) is 0. The van der Waals surface area contributed by atoms with E-state index in [4.69, 9.17) is 0 Å². The van der Waals surface area contributed by atoms with Crippen molar-refractivity contribution >= 4 is 21.8 Å². The molecule has 2 fully saturated rings. The summed E-state index contributed by atoms with van der Waals surface area (Å²) in [5.41, 5.74) is 0.487. The van der Waals surface area contributed by atoms with Crippen LogP contribution in [0.4, 0.5) is 4.79 Å². The van der Waals surface area contributed by atoms with E-state index < -0.39 is 10.0 Å². The summed E-state index contributed by atoms with van der Waals surface area (Å²) in [4.78, 5) is 27.7. The van der Waals surface area contributed by atoms with Gasteiger partial charge in [0.1, 0.15) is 0 Å². The normalized spacial score (nSPS) is 19.4. The second kappa shape index (κ2) is 7.75. The van der Waals surface area contributed by atoms with Crippen LogP contribution in [0.1, 0.15) is 36.5 Å². The third kappa shape index (κ3) is 3.91. The summed E-state index contributed by atoms with van der Waals surface area (Å²) >= 11 is 0. The van der Waals surface area contributed by atoms with Crippen molar-refractivity contribution in [3.8, 4) is 0 Å². The van der Waals surface area contributed by atoms with E-state index in [-0.39, 0.29) is 29.8 Å². The van der Waals surface area contributed by atoms with E-state index in [0.717, 1.165) is 32.4 Å². The minimum absolute atomic E-state index is 0.0209. The molecule has 7 nitrogen and oxygen atoms in total. The fourth-order valence-electron chi connectivity index (χ4n) is 3.42. The third-order valence-corrected chi connectivity index (χ3v) is 6.95. The van der Waals surface area contributed by atoms with Crippen LogP contribution in [0.3, 0.4) is 0 Å². The van der Waals surface area contributed by atoms with Crippen LogP contribution in [-0.2, 0) is 10.0 Å². The highest BCUT2D eigenvalue weighted by atomic mass is 32.2. The largest absolute Gasteiger partial charge is 0.325 e. The van der Waals surface area contributed by atoms with Crippen molar-refractivity contribution in [1.82, 2.24) is 14.1 Å². The number of rotatable bonds is 3. The molecule has 0 radical (unpaired) electrons. The van der Waals surface area contributed by atoms with Crippen molar-refractivity contribution in [3.05, 3.63) is 29.8 Å². The number of carbonyl (C=O) groups excluding carboxylic acids is 2. The Morgan fingerprint density at radius 2 is 1.35 bits per heavy atom. The summed E-state index contributed by atoms with van der Waals surface area (Å²) in [6, 6.07) is 6.03. The van der Waals surface area contributed by atoms with Crippen molar-refractivity contribution in [2.75, 3.05) is 39.3 Å². The molecule has 0 unspecified atom stereocenters. The second-order valence-electron chi connectivity index (χ2n) is 6.80. The van der Waals surface area contributed by atoms with Gasteiger partial charge >= 0.3 is 6.03 Å². The van der Waals surface area contributed by atoms with E-state index in [2.05, 4.69) is 0 Å². The van der Waals surface area contributed by atoms with Gasteiger partial charge in [-0.25, -0.2) is 13.2 Å². The number of hydrogen-bond acceptors (Lipinski definition) is 4. The highest BCUT2D eigenvalue weighted by molar-refractivity contribution is 7.89. The van der Waals surface area contributed by atoms with E-state index in [0.29, 0.717) is 18.7 Å². The van der Waals surface area contributed by atoms with Gasteiger partial charge in [0.15, 0.2) is 5.78 Å². The van der Waals surface area contributed by atoms with E-state index in [1.807, 2.05) is 4.90 Å². The number of urea groups is 1. The smallest absolute Gasteiger partial charge is 0.320 e. The van der Waals surface area contributed by atoms with Crippen molar-refractivity contribution in [2.45, 2.75) is 31.1 Å². The number of Topliss-reactive ketones (excluding diaryl/α,β-unsaturated/α-hetero) is 1. The Morgan fingerprint density at radius 1 is 0.808 bits per heavy atom. The van der Waals surface area contributed by atoms with Crippen molar-refractivity contribution in [1.29, 1.82) is 0 Å². The first kappa shape index (κ1) is 18.8. The van der Waals surface area contributed by atoms with Crippen molar-refractivity contribution in [2.24, 2.45) is 0 Å². The van der Waals surface area contributed by atoms with E-state index in [1.165, 1.54) is 35.5 Å². The second-order valence-corrected chi connectivity index (χ2v) is 8.74. The minimum atomic E-state index is -3.61. The first-order valence-electron chi connectivity index (χ1n) is 9.04. The summed E-state index contributed by atoms with van der Waals surface area (Å²) < 4.78 is 27.0. The fourth-order valence-corrected chi connectivity index (χ4v) is 4.84. The lowest BCUT2D eigenvalue weighted by Crippen LogP contribution is -2.54. The molecule has 0 aromatic heterocycles. The Bertz CT molecular complexity index is 762. The predicted octanol–water partition coefficient (Wildman–Crippen LogP) is 1.80. The summed E-state index contributed by atoms with van der Waals surface area (Å²) in [7, 11) is -3.61. The predicted molar refractivity (Wildman–Crippen MR) is 97.6 cm³/mol. The summed E-state index contributed by atoms with van der Waals surface area (Å²) in [5, 5.41) is 0. The molecule has 2 amide bonds. The molecule has 2 heterocycles. The average Bonchev–Trinajstić information content (AvgIpc) is 2.68. The number of piperazine rings is 1. The van der Waals surface area contributed by atoms with Crippen LogP contribution in [0.15, 0.2) is 29.2 Å². The third-order valence-electron chi connectivity index (χ3n) is 5.03. The number of piperidine rings is 1. The van der Waals surface area contributed by atoms with Gasteiger partial charge in [-0.2, -0.15) is 4.31 Å². The Morgan fingerprint density at radius 3 is 1.88 bits per heavy atom. The Labute approximate surface area is 154 Å². The van der Waals surface area contributed by atoms with Crippen molar-refractivity contribution < 1.29 is 18.0 Å². The van der Waals surface area contributed by atoms with Gasteiger partial charge in [0.05, 0.1) is 4.90 Å². The number of benzene rings is 1. The Balaban J connectivity index is 1.63. The Hall–Kier alpha value is -1.93. The molecular weight excluding hydrogens is 354 g/mol. The van der Waals surface area contributed by atoms with Crippen LogP contribution in [0.5, 0.6) is 0 Å². The lowest BCUT2D eigenvalue weighted by atomic mass is 10.1. The number of carbonyl (C=O) groups is 2. The van der Waals surface area contributed by atoms with Crippen LogP contribution in [0.25, 0.3) is 0 Å². The average molecular weight is 379 g/mol. The minimum Gasteiger partial charge on any atom is -0.325 e. The monoisotopic (exact) mass is 379 g/mol. The number of ketones is 1. The van der Waals surface area contributed by atoms with Gasteiger partial charge in [0, 0.05) is 44.8 Å². The maximum atomic E-state index is 12.8. The van der Waals surface area contributed by atoms with Gasteiger partial charge in [-0.05, 0) is 38.3 Å².